The molecule has 8 heterocycles. The van der Waals surface area contributed by atoms with Crippen molar-refractivity contribution in [2.45, 2.75) is 175 Å². The lowest BCUT2D eigenvalue weighted by Gasteiger charge is -2.33. The predicted octanol–water partition coefficient (Wildman–Crippen LogP) is 20.0. The number of nitrogens with one attached hydrogen (secondary N) is 2. The molecule has 30 heteroatoms. The number of fused-ring (bicyclic) bond motifs is 21. The molecule has 8 aromatic heterocycles. The number of anilines is 3. The van der Waals surface area contributed by atoms with Crippen molar-refractivity contribution >= 4 is 120 Å². The summed E-state index contributed by atoms with van der Waals surface area (Å²) in [6.45, 7) is 29.6. The molecular formula is C113H116N14O16. The Morgan fingerprint density at radius 3 is 1.13 bits per heavy atom. The number of aromatic nitrogens is 11. The zero-order chi connectivity index (χ0) is 102. The number of nitrogen functional groups attached to an aromatic ring is 3. The average Bonchev–Trinajstić information content (AvgIpc) is 1.56. The number of hydrogen-bond donors (Lipinski definition) is 6. The highest BCUT2D eigenvalue weighted by atomic mass is 16.5. The first-order valence-corrected chi connectivity index (χ1v) is 47.7. The van der Waals surface area contributed by atoms with Crippen molar-refractivity contribution in [2.24, 2.45) is 5.92 Å². The van der Waals surface area contributed by atoms with Crippen molar-refractivity contribution in [3.05, 3.63) is 283 Å². The van der Waals surface area contributed by atoms with Gasteiger partial charge >= 0.3 is 29.8 Å². The summed E-state index contributed by atoms with van der Waals surface area (Å²) in [5.41, 5.74) is 42.0. The fraction of sp³-hybridized carbons (Fsp3) is 0.310. The van der Waals surface area contributed by atoms with Gasteiger partial charge in [0.2, 0.25) is 17.8 Å². The van der Waals surface area contributed by atoms with Crippen LogP contribution in [0.5, 0.6) is 17.2 Å². The summed E-state index contributed by atoms with van der Waals surface area (Å²) in [6.07, 6.45) is 10.3. The van der Waals surface area contributed by atoms with Gasteiger partial charge in [0.15, 0.2) is 11.6 Å². The van der Waals surface area contributed by atoms with E-state index in [4.69, 9.17) is 50.4 Å². The molecule has 16 aromatic rings. The second-order valence-electron chi connectivity index (χ2n) is 39.9. The molecule has 9 N–H and O–H groups in total. The number of carboxylic acid groups (broad SMARTS) is 1. The number of carbonyl (C=O) groups is 8. The number of hydrogen-bond acceptors (Lipinski definition) is 24. The fourth-order valence-corrected chi connectivity index (χ4v) is 21.4. The molecule has 8 aromatic carbocycles. The molecule has 1 atom stereocenters. The van der Waals surface area contributed by atoms with E-state index in [-0.39, 0.29) is 74.5 Å². The van der Waals surface area contributed by atoms with Crippen molar-refractivity contribution in [1.82, 2.24) is 53.6 Å². The quantitative estimate of drug-likeness (QED) is 0.0201. The van der Waals surface area contributed by atoms with Crippen LogP contribution in [-0.2, 0) is 89.7 Å². The van der Waals surface area contributed by atoms with Crippen LogP contribution in [0.4, 0.5) is 17.8 Å². The van der Waals surface area contributed by atoms with Gasteiger partial charge in [0.25, 0.3) is 0 Å². The Morgan fingerprint density at radius 2 is 0.748 bits per heavy atom. The monoisotopic (exact) mass is 1920 g/mol. The second-order valence-corrected chi connectivity index (χ2v) is 39.9. The highest BCUT2D eigenvalue weighted by Crippen LogP contribution is 2.53. The van der Waals surface area contributed by atoms with E-state index in [2.05, 4.69) is 117 Å². The normalized spacial score (nSPS) is 15.3. The molecule has 0 amide bonds. The molecule has 0 aliphatic heterocycles. The number of carbonyl (C=O) groups excluding carboxylic acids is 7. The van der Waals surface area contributed by atoms with E-state index in [0.29, 0.717) is 80.2 Å². The van der Waals surface area contributed by atoms with Gasteiger partial charge in [-0.15, -0.1) is 0 Å². The lowest BCUT2D eigenvalue weighted by Crippen LogP contribution is -2.36. The average molecular weight is 1930 g/mol. The van der Waals surface area contributed by atoms with Crippen LogP contribution < -0.4 is 31.4 Å². The molecule has 0 fully saturated rings. The maximum atomic E-state index is 13.4. The molecule has 734 valence electrons. The van der Waals surface area contributed by atoms with Gasteiger partial charge in [-0.3, -0.25) is 9.59 Å². The van der Waals surface area contributed by atoms with Crippen LogP contribution in [0.2, 0.25) is 0 Å². The van der Waals surface area contributed by atoms with Crippen molar-refractivity contribution in [3.63, 3.8) is 0 Å². The Kier molecular flexibility index (Phi) is 26.7. The van der Waals surface area contributed by atoms with Crippen LogP contribution in [0.3, 0.4) is 0 Å². The van der Waals surface area contributed by atoms with Crippen LogP contribution in [-0.4, -0.2) is 155 Å². The van der Waals surface area contributed by atoms with Crippen molar-refractivity contribution < 1.29 is 76.6 Å². The SMILES string of the molecule is CC1(C)Cc2cnc(N)nc2-c2[nH]c3ccc(C(=O)O)cc3c21.CCOC(=O)c1ccc2[nH]c3c(c2c1)C(C)(C)Cc1cnc(N)nc1-3.CCOC(=O)c1ccc2c(c1)c1c(n2Cc2ccc(OC)cc2)-c2nc(N)ncc2CC1(C)C.CCOC(=O)c1ccc2c(c1)c1c(n2Cc2ccc(OC)cc2)C(=O)C(C=O)CC1(C)C.COC(=O)c1ccc2c(c1)c1c(n2Cc2ccc(OC)cc2)C(=O)CCC1(C)C. The molecular weight excluding hydrogens is 1810 g/mol. The van der Waals surface area contributed by atoms with E-state index in [1.54, 1.807) is 84.0 Å². The Bertz CT molecular complexity index is 7800. The summed E-state index contributed by atoms with van der Waals surface area (Å²) < 4.78 is 42.7. The van der Waals surface area contributed by atoms with Gasteiger partial charge in [0, 0.05) is 99.2 Å². The third kappa shape index (κ3) is 18.8. The number of aromatic carboxylic acids is 1. The predicted molar refractivity (Wildman–Crippen MR) is 549 cm³/mol. The summed E-state index contributed by atoms with van der Waals surface area (Å²) >= 11 is 0. The molecule has 30 nitrogen and oxygen atoms in total. The van der Waals surface area contributed by atoms with Crippen LogP contribution >= 0.6 is 0 Å². The van der Waals surface area contributed by atoms with Gasteiger partial charge < -0.3 is 83.9 Å². The van der Waals surface area contributed by atoms with E-state index in [1.165, 1.54) is 7.11 Å². The molecule has 143 heavy (non-hydrogen) atoms. The van der Waals surface area contributed by atoms with Crippen LogP contribution in [0.15, 0.2) is 182 Å². The first-order valence-electron chi connectivity index (χ1n) is 47.7. The zero-order valence-corrected chi connectivity index (χ0v) is 83.3. The summed E-state index contributed by atoms with van der Waals surface area (Å²) in [4.78, 5) is 131. The molecule has 0 saturated heterocycles. The largest absolute Gasteiger partial charge is 0.497 e. The molecule has 5 aliphatic rings. The Morgan fingerprint density at radius 1 is 0.413 bits per heavy atom. The minimum absolute atomic E-state index is 0.118. The highest BCUT2D eigenvalue weighted by molar-refractivity contribution is 6.13. The first kappa shape index (κ1) is 98.5. The highest BCUT2D eigenvalue weighted by Gasteiger charge is 2.46. The molecule has 5 aliphatic carbocycles. The van der Waals surface area contributed by atoms with Gasteiger partial charge in [-0.1, -0.05) is 106 Å². The molecule has 1 unspecified atom stereocenters. The van der Waals surface area contributed by atoms with E-state index in [9.17, 15) is 43.5 Å². The van der Waals surface area contributed by atoms with E-state index in [1.807, 2.05) is 147 Å². The van der Waals surface area contributed by atoms with Crippen LogP contribution in [0, 0.1) is 5.92 Å². The van der Waals surface area contributed by atoms with Gasteiger partial charge in [-0.25, -0.2) is 53.9 Å². The van der Waals surface area contributed by atoms with Crippen LogP contribution in [0.1, 0.15) is 243 Å². The standard InChI is InChI=1S/C27H28N4O3.C26H27NO5.C24H25NO4.C19H20N4O2.C17H16N4O2/c1-5-34-25(32)17-8-11-21-20(12-17)22-24(31(21)15-16-6-9-19(33-4)10-7-16)23-18(13-27(22,2)3)14-29-26(28)30-23;1-5-32-25(30)17-8-11-21-20(12-17)22-23(24(29)18(15-28)13-26(22,2)3)27(21)14-16-6-9-19(31-4)10-7-16;1-24(2)12-11-20(26)22-21(24)18-13-16(23(27)29-4)7-10-19(18)25(22)14-15-5-8-17(28-3)9-6-15;1-4-25-17(24)10-5-6-13-12(7-10)14-16(22-13)15-11(8-19(14,2)3)9-21-18(20)23-15;1-17(2)6-9-7-19-16(18)21-13(9)14-12(17)10-5-8(15(22)23)3-4-11(10)20-14/h6-12,14H,5,13,15H2,1-4H3,(H2,28,29,30);6-12,15,18H,5,13-14H2,1-4H3;5-10,13H,11-12,14H2,1-4H3;5-7,9,22H,4,8H2,1-3H3,(H2,20,21,23);3-5,7,20H,6H2,1-2H3,(H,22,23)(H2,18,19,21). The Balaban J connectivity index is 0.000000124. The minimum Gasteiger partial charge on any atom is -0.497 e. The number of H-pyrrole nitrogens is 2. The van der Waals surface area contributed by atoms with Crippen molar-refractivity contribution in [3.8, 4) is 51.4 Å². The van der Waals surface area contributed by atoms with E-state index >= 15 is 0 Å². The number of carboxylic acids is 1. The molecule has 0 radical (unpaired) electrons. The number of benzene rings is 8. The maximum Gasteiger partial charge on any atom is 0.338 e. The number of esters is 4. The Hall–Kier alpha value is -16.1. The third-order valence-electron chi connectivity index (χ3n) is 27.8. The number of aldehydes is 1. The lowest BCUT2D eigenvalue weighted by atomic mass is 9.69. The molecule has 0 spiro atoms. The number of ketones is 2. The third-order valence-corrected chi connectivity index (χ3v) is 27.8. The first-order chi connectivity index (χ1) is 68.2. The number of methoxy groups -OCH3 is 4. The number of Topliss-reactive ketones (excluding diaryl/α,β-unsaturated/α-hetero) is 2. The lowest BCUT2D eigenvalue weighted by molar-refractivity contribution is -0.110. The van der Waals surface area contributed by atoms with Crippen molar-refractivity contribution in [1.29, 1.82) is 0 Å². The zero-order valence-electron chi connectivity index (χ0n) is 83.3. The fourth-order valence-electron chi connectivity index (χ4n) is 21.4. The summed E-state index contributed by atoms with van der Waals surface area (Å²) in [6, 6.07) is 51.1. The van der Waals surface area contributed by atoms with Gasteiger partial charge in [0.1, 0.15) is 23.5 Å². The summed E-state index contributed by atoms with van der Waals surface area (Å²) in [7, 11) is 6.30. The summed E-state index contributed by atoms with van der Waals surface area (Å²) in [5, 5.41) is 14.0. The number of aromatic amines is 2. The maximum absolute atomic E-state index is 13.4. The van der Waals surface area contributed by atoms with Gasteiger partial charge in [-0.2, -0.15) is 0 Å². The number of nitrogens with zero attached hydrogens (tertiary/aromatic N) is 9. The molecule has 21 rings (SSSR count). The van der Waals surface area contributed by atoms with Gasteiger partial charge in [-0.05, 0) is 269 Å². The van der Waals surface area contributed by atoms with E-state index < -0.39 is 23.3 Å². The smallest absolute Gasteiger partial charge is 0.338 e. The van der Waals surface area contributed by atoms with Crippen molar-refractivity contribution in [2.75, 3.05) is 65.5 Å². The number of ether oxygens (including phenoxy) is 7. The minimum atomic E-state index is -0.928. The summed E-state index contributed by atoms with van der Waals surface area (Å²) in [5.74, 6) is 0.103. The van der Waals surface area contributed by atoms with Crippen LogP contribution in [0.25, 0.3) is 88.7 Å². The molecule has 0 saturated carbocycles. The number of nitrogens with two attached hydrogens (primary N) is 3. The number of rotatable bonds is 18. The second kappa shape index (κ2) is 38.8. The van der Waals surface area contributed by atoms with E-state index in [0.717, 1.165) is 205 Å². The Labute approximate surface area is 826 Å². The topological polar surface area (TPSA) is 423 Å². The van der Waals surface area contributed by atoms with Gasteiger partial charge in [0.05, 0.1) is 128 Å². The molecule has 0 bridgehead atoms.